The van der Waals surface area contributed by atoms with Crippen LogP contribution in [-0.4, -0.2) is 17.6 Å². The molecule has 15 heavy (non-hydrogen) atoms. The molecule has 1 aromatic carbocycles. The Balaban J connectivity index is 2.23. The number of hydrazone groups is 1. The predicted molar refractivity (Wildman–Crippen MR) is 66.5 cm³/mol. The second-order valence-electron chi connectivity index (χ2n) is 3.38. The summed E-state index contributed by atoms with van der Waals surface area (Å²) in [5, 5.41) is 4.95. The van der Waals surface area contributed by atoms with Crippen molar-refractivity contribution in [1.29, 1.82) is 0 Å². The summed E-state index contributed by atoms with van der Waals surface area (Å²) in [6.45, 7) is 2.08. The van der Waals surface area contributed by atoms with Gasteiger partial charge in [-0.3, -0.25) is 5.43 Å². The highest BCUT2D eigenvalue weighted by molar-refractivity contribution is 8.13. The van der Waals surface area contributed by atoms with E-state index < -0.39 is 0 Å². The number of rotatable bonds is 1. The minimum Gasteiger partial charge on any atom is -0.256 e. The molecule has 0 amide bonds. The van der Waals surface area contributed by atoms with E-state index in [9.17, 15) is 0 Å². The highest BCUT2D eigenvalue weighted by atomic mass is 32.2. The lowest BCUT2D eigenvalue weighted by atomic mass is 10.1. The molecule has 0 radical (unpaired) electrons. The fraction of sp³-hybridized carbons (Fsp3) is 0.273. The lowest BCUT2D eigenvalue weighted by Gasteiger charge is -2.14. The summed E-state index contributed by atoms with van der Waals surface area (Å²) in [7, 11) is 0. The lowest BCUT2D eigenvalue weighted by molar-refractivity contribution is 0.894. The highest BCUT2D eigenvalue weighted by Gasteiger charge is 2.11. The van der Waals surface area contributed by atoms with Gasteiger partial charge in [-0.2, -0.15) is 5.10 Å². The molecule has 78 valence electrons. The molecular weight excluding hydrogens is 206 g/mol. The predicted octanol–water partition coefficient (Wildman–Crippen LogP) is 2.34. The number of hydrogen-bond acceptors (Lipinski definition) is 4. The van der Waals surface area contributed by atoms with Crippen molar-refractivity contribution in [2.24, 2.45) is 10.1 Å². The second kappa shape index (κ2) is 4.49. The van der Waals surface area contributed by atoms with Crippen LogP contribution >= 0.6 is 11.8 Å². The van der Waals surface area contributed by atoms with Crippen LogP contribution in [-0.2, 0) is 0 Å². The van der Waals surface area contributed by atoms with Crippen LogP contribution in [0.2, 0.25) is 0 Å². The van der Waals surface area contributed by atoms with E-state index in [2.05, 4.69) is 46.7 Å². The number of benzene rings is 1. The van der Waals surface area contributed by atoms with Crippen molar-refractivity contribution >= 4 is 23.1 Å². The first kappa shape index (κ1) is 10.2. The second-order valence-corrected chi connectivity index (χ2v) is 4.18. The Morgan fingerprint density at radius 3 is 2.67 bits per heavy atom. The maximum atomic E-state index is 4.52. The van der Waals surface area contributed by atoms with Gasteiger partial charge in [-0.05, 0) is 18.7 Å². The Morgan fingerprint density at radius 2 is 2.00 bits per heavy atom. The molecule has 0 spiro atoms. The molecule has 0 bridgehead atoms. The molecule has 1 aliphatic rings. The van der Waals surface area contributed by atoms with Crippen molar-refractivity contribution in [3.63, 3.8) is 0 Å². The standard InChI is InChI=1S/C11H13N3S/c1-8-3-5-9(6-4-8)10-7-12-14-11(13-10)15-2/h3-7,10H,1-2H3,(H,13,14). The Hall–Kier alpha value is -1.29. The SMILES string of the molecule is CSC1=NC(c2ccc(C)cc2)C=NN1. The van der Waals surface area contributed by atoms with Crippen LogP contribution in [0.3, 0.4) is 0 Å². The molecule has 1 unspecified atom stereocenters. The van der Waals surface area contributed by atoms with Gasteiger partial charge < -0.3 is 0 Å². The third-order valence-electron chi connectivity index (χ3n) is 2.24. The maximum absolute atomic E-state index is 4.52. The molecule has 0 saturated heterocycles. The first-order valence-corrected chi connectivity index (χ1v) is 5.99. The van der Waals surface area contributed by atoms with Crippen LogP contribution in [0.1, 0.15) is 17.2 Å². The van der Waals surface area contributed by atoms with E-state index in [1.54, 1.807) is 11.8 Å². The van der Waals surface area contributed by atoms with Crippen molar-refractivity contribution < 1.29 is 0 Å². The van der Waals surface area contributed by atoms with Crippen LogP contribution < -0.4 is 5.43 Å². The summed E-state index contributed by atoms with van der Waals surface area (Å²) in [5.74, 6) is 0. The Morgan fingerprint density at radius 1 is 1.27 bits per heavy atom. The summed E-state index contributed by atoms with van der Waals surface area (Å²) in [4.78, 5) is 4.52. The van der Waals surface area contributed by atoms with Crippen LogP contribution in [0.15, 0.2) is 34.4 Å². The zero-order chi connectivity index (χ0) is 10.7. The van der Waals surface area contributed by atoms with Gasteiger partial charge in [0.15, 0.2) is 5.17 Å². The first-order valence-electron chi connectivity index (χ1n) is 4.77. The monoisotopic (exact) mass is 219 g/mol. The Bertz CT molecular complexity index is 395. The van der Waals surface area contributed by atoms with Crippen molar-refractivity contribution in [2.75, 3.05) is 6.26 Å². The molecule has 1 heterocycles. The smallest absolute Gasteiger partial charge is 0.177 e. The molecule has 0 aliphatic carbocycles. The Kier molecular flexibility index (Phi) is 3.06. The van der Waals surface area contributed by atoms with Gasteiger partial charge in [0.25, 0.3) is 0 Å². The van der Waals surface area contributed by atoms with Crippen LogP contribution in [0.4, 0.5) is 0 Å². The number of hydrogen-bond donors (Lipinski definition) is 1. The number of aryl methyl sites for hydroxylation is 1. The van der Waals surface area contributed by atoms with Crippen LogP contribution in [0.25, 0.3) is 0 Å². The number of amidine groups is 1. The van der Waals surface area contributed by atoms with Crippen molar-refractivity contribution in [3.05, 3.63) is 35.4 Å². The van der Waals surface area contributed by atoms with E-state index in [1.165, 1.54) is 11.1 Å². The van der Waals surface area contributed by atoms with Gasteiger partial charge in [0.2, 0.25) is 0 Å². The van der Waals surface area contributed by atoms with E-state index >= 15 is 0 Å². The molecular formula is C11H13N3S. The number of nitrogens with zero attached hydrogens (tertiary/aromatic N) is 2. The molecule has 1 N–H and O–H groups in total. The van der Waals surface area contributed by atoms with Gasteiger partial charge in [0.1, 0.15) is 6.04 Å². The molecule has 0 fully saturated rings. The molecule has 4 heteroatoms. The van der Waals surface area contributed by atoms with Gasteiger partial charge >= 0.3 is 0 Å². The van der Waals surface area contributed by atoms with Gasteiger partial charge in [0, 0.05) is 0 Å². The molecule has 0 aromatic heterocycles. The first-order chi connectivity index (χ1) is 7.29. The summed E-state index contributed by atoms with van der Waals surface area (Å²) in [5.41, 5.74) is 5.30. The average molecular weight is 219 g/mol. The summed E-state index contributed by atoms with van der Waals surface area (Å²) in [6.07, 6.45) is 3.81. The molecule has 0 saturated carbocycles. The van der Waals surface area contributed by atoms with Gasteiger partial charge in [0.05, 0.1) is 6.21 Å². The molecule has 1 atom stereocenters. The van der Waals surface area contributed by atoms with Crippen LogP contribution in [0.5, 0.6) is 0 Å². The number of nitrogens with one attached hydrogen (secondary N) is 1. The highest BCUT2D eigenvalue weighted by Crippen LogP contribution is 2.19. The molecule has 1 aliphatic heterocycles. The fourth-order valence-electron chi connectivity index (χ4n) is 1.37. The Labute approximate surface area is 93.7 Å². The minimum atomic E-state index is 0.0503. The van der Waals surface area contributed by atoms with Crippen molar-refractivity contribution in [3.8, 4) is 0 Å². The summed E-state index contributed by atoms with van der Waals surface area (Å²) >= 11 is 1.57. The van der Waals surface area contributed by atoms with E-state index in [-0.39, 0.29) is 6.04 Å². The molecule has 2 rings (SSSR count). The third-order valence-corrected chi connectivity index (χ3v) is 2.83. The molecule has 3 nitrogen and oxygen atoms in total. The van der Waals surface area contributed by atoms with E-state index in [1.807, 2.05) is 12.5 Å². The van der Waals surface area contributed by atoms with Crippen molar-refractivity contribution in [2.45, 2.75) is 13.0 Å². The number of aliphatic imine (C=N–C) groups is 1. The maximum Gasteiger partial charge on any atom is 0.177 e. The molecule has 1 aromatic rings. The van der Waals surface area contributed by atoms with Crippen molar-refractivity contribution in [1.82, 2.24) is 5.43 Å². The van der Waals surface area contributed by atoms with Gasteiger partial charge in [-0.1, -0.05) is 41.6 Å². The van der Waals surface area contributed by atoms with E-state index in [4.69, 9.17) is 0 Å². The zero-order valence-electron chi connectivity index (χ0n) is 8.77. The van der Waals surface area contributed by atoms with Gasteiger partial charge in [-0.25, -0.2) is 4.99 Å². The normalized spacial score (nSPS) is 19.6. The summed E-state index contributed by atoms with van der Waals surface area (Å²) < 4.78 is 0. The topological polar surface area (TPSA) is 36.8 Å². The zero-order valence-corrected chi connectivity index (χ0v) is 9.58. The fourth-order valence-corrected chi connectivity index (χ4v) is 1.74. The minimum absolute atomic E-state index is 0.0503. The van der Waals surface area contributed by atoms with E-state index in [0.29, 0.717) is 0 Å². The quantitative estimate of drug-likeness (QED) is 0.787. The van der Waals surface area contributed by atoms with E-state index in [0.717, 1.165) is 5.17 Å². The largest absolute Gasteiger partial charge is 0.256 e. The van der Waals surface area contributed by atoms with Gasteiger partial charge in [-0.15, -0.1) is 0 Å². The van der Waals surface area contributed by atoms with Crippen LogP contribution in [0, 0.1) is 6.92 Å². The average Bonchev–Trinajstić information content (AvgIpc) is 2.30. The lowest BCUT2D eigenvalue weighted by Crippen LogP contribution is -2.20. The number of thioether (sulfide) groups is 1. The third kappa shape index (κ3) is 2.39. The summed E-state index contributed by atoms with van der Waals surface area (Å²) in [6, 6.07) is 8.44.